The Morgan fingerprint density at radius 3 is 1.94 bits per heavy atom. The molecule has 1 N–H and O–H groups in total. The lowest BCUT2D eigenvalue weighted by atomic mass is 10.0. The fourth-order valence-corrected chi connectivity index (χ4v) is 1.36. The van der Waals surface area contributed by atoms with E-state index in [1.807, 2.05) is 0 Å². The zero-order chi connectivity index (χ0) is 13.3. The zero-order valence-electron chi connectivity index (χ0n) is 8.36. The molecule has 1 nitrogen and oxygen atoms in total. The fourth-order valence-electron chi connectivity index (χ4n) is 1.36. The van der Waals surface area contributed by atoms with Crippen molar-refractivity contribution in [2.45, 2.75) is 18.8 Å². The average Bonchev–Trinajstić information content (AvgIpc) is 2.15. The summed E-state index contributed by atoms with van der Waals surface area (Å²) in [5.74, 6) is 0. The lowest BCUT2D eigenvalue weighted by molar-refractivity contribution is -0.143. The second-order valence-corrected chi connectivity index (χ2v) is 3.34. The van der Waals surface area contributed by atoms with Crippen molar-refractivity contribution in [1.82, 2.24) is 0 Å². The van der Waals surface area contributed by atoms with Crippen molar-refractivity contribution in [3.05, 3.63) is 34.9 Å². The number of hydrogen-bond acceptors (Lipinski definition) is 1. The second-order valence-electron chi connectivity index (χ2n) is 3.34. The van der Waals surface area contributed by atoms with E-state index in [1.165, 1.54) is 0 Å². The molecule has 0 saturated carbocycles. The highest BCUT2D eigenvalue weighted by atomic mass is 19.4. The van der Waals surface area contributed by atoms with Crippen molar-refractivity contribution < 1.29 is 31.4 Å². The van der Waals surface area contributed by atoms with E-state index in [0.29, 0.717) is 6.07 Å². The van der Waals surface area contributed by atoms with E-state index >= 15 is 0 Å². The average molecular weight is 258 g/mol. The summed E-state index contributed by atoms with van der Waals surface area (Å²) >= 11 is 0. The van der Waals surface area contributed by atoms with Crippen LogP contribution in [0.2, 0.25) is 0 Å². The molecule has 7 heteroatoms. The molecule has 0 bridgehead atoms. The van der Waals surface area contributed by atoms with Crippen molar-refractivity contribution in [1.29, 1.82) is 0 Å². The quantitative estimate of drug-likeness (QED) is 0.807. The molecule has 0 aliphatic rings. The van der Waals surface area contributed by atoms with Crippen LogP contribution in [0.3, 0.4) is 0 Å². The molecular formula is C10H8F6O. The van der Waals surface area contributed by atoms with Gasteiger partial charge in [-0.1, -0.05) is 6.07 Å². The molecule has 0 radical (unpaired) electrons. The summed E-state index contributed by atoms with van der Waals surface area (Å²) in [6.07, 6.45) is -10.0. The topological polar surface area (TPSA) is 20.2 Å². The molecule has 1 aromatic rings. The van der Waals surface area contributed by atoms with Crippen molar-refractivity contribution in [3.8, 4) is 0 Å². The standard InChI is InChI=1S/C10H8F6O/c11-9(12,13)7-2-1-6(3-4-17)8(5-7)10(14,15)16/h1-2,5,17H,3-4H2. The third kappa shape index (κ3) is 3.36. The number of halogens is 6. The first-order valence-electron chi connectivity index (χ1n) is 4.54. The maximum Gasteiger partial charge on any atom is 0.416 e. The first-order valence-corrected chi connectivity index (χ1v) is 4.54. The van der Waals surface area contributed by atoms with Gasteiger partial charge in [0.15, 0.2) is 0 Å². The van der Waals surface area contributed by atoms with Crippen molar-refractivity contribution in [3.63, 3.8) is 0 Å². The van der Waals surface area contributed by atoms with Crippen molar-refractivity contribution in [2.75, 3.05) is 6.61 Å². The summed E-state index contributed by atoms with van der Waals surface area (Å²) in [5, 5.41) is 8.55. The van der Waals surface area contributed by atoms with Gasteiger partial charge < -0.3 is 5.11 Å². The van der Waals surface area contributed by atoms with Crippen LogP contribution in [0.15, 0.2) is 18.2 Å². The Morgan fingerprint density at radius 1 is 0.941 bits per heavy atom. The number of benzene rings is 1. The van der Waals surface area contributed by atoms with Gasteiger partial charge in [-0.2, -0.15) is 26.3 Å². The van der Waals surface area contributed by atoms with Crippen LogP contribution in [-0.2, 0) is 18.8 Å². The molecule has 0 aliphatic carbocycles. The molecule has 1 aromatic carbocycles. The van der Waals surface area contributed by atoms with E-state index in [9.17, 15) is 26.3 Å². The SMILES string of the molecule is OCCc1ccc(C(F)(F)F)cc1C(F)(F)F. The van der Waals surface area contributed by atoms with Gasteiger partial charge in [0, 0.05) is 6.61 Å². The first kappa shape index (κ1) is 13.8. The number of hydrogen-bond donors (Lipinski definition) is 1. The van der Waals surface area contributed by atoms with Gasteiger partial charge in [0.1, 0.15) is 0 Å². The van der Waals surface area contributed by atoms with Crippen LogP contribution < -0.4 is 0 Å². The maximum absolute atomic E-state index is 12.5. The third-order valence-corrected chi connectivity index (χ3v) is 2.12. The van der Waals surface area contributed by atoms with Crippen LogP contribution in [0.4, 0.5) is 26.3 Å². The van der Waals surface area contributed by atoms with Gasteiger partial charge in [0.25, 0.3) is 0 Å². The molecule has 17 heavy (non-hydrogen) atoms. The number of alkyl halides is 6. The zero-order valence-corrected chi connectivity index (χ0v) is 8.36. The largest absolute Gasteiger partial charge is 0.416 e. The number of aliphatic hydroxyl groups excluding tert-OH is 1. The van der Waals surface area contributed by atoms with Crippen LogP contribution in [0.1, 0.15) is 16.7 Å². The fraction of sp³-hybridized carbons (Fsp3) is 0.400. The first-order chi connectivity index (χ1) is 7.66. The molecule has 0 fully saturated rings. The summed E-state index contributed by atoms with van der Waals surface area (Å²) in [5.41, 5.74) is -3.07. The van der Waals surface area contributed by atoms with Crippen LogP contribution in [-0.4, -0.2) is 11.7 Å². The van der Waals surface area contributed by atoms with E-state index in [-0.39, 0.29) is 18.1 Å². The highest BCUT2D eigenvalue weighted by molar-refractivity contribution is 5.35. The summed E-state index contributed by atoms with van der Waals surface area (Å²) in [7, 11) is 0. The molecule has 0 spiro atoms. The molecule has 0 saturated heterocycles. The highest BCUT2D eigenvalue weighted by Crippen LogP contribution is 2.37. The van der Waals surface area contributed by atoms with Gasteiger partial charge >= 0.3 is 12.4 Å². The van der Waals surface area contributed by atoms with Crippen LogP contribution in [0.25, 0.3) is 0 Å². The summed E-state index contributed by atoms with van der Waals surface area (Å²) < 4.78 is 74.2. The number of aliphatic hydroxyl groups is 1. The Bertz CT molecular complexity index is 393. The molecule has 1 rings (SSSR count). The van der Waals surface area contributed by atoms with Crippen LogP contribution in [0.5, 0.6) is 0 Å². The molecule has 0 aromatic heterocycles. The molecule has 0 atom stereocenters. The minimum atomic E-state index is -4.87. The Balaban J connectivity index is 3.30. The van der Waals surface area contributed by atoms with E-state index in [0.717, 1.165) is 6.07 Å². The summed E-state index contributed by atoms with van der Waals surface area (Å²) in [4.78, 5) is 0. The van der Waals surface area contributed by atoms with Gasteiger partial charge in [-0.15, -0.1) is 0 Å². The van der Waals surface area contributed by atoms with Crippen LogP contribution in [0, 0.1) is 0 Å². The lowest BCUT2D eigenvalue weighted by Gasteiger charge is -2.15. The van der Waals surface area contributed by atoms with Gasteiger partial charge in [-0.3, -0.25) is 0 Å². The second kappa shape index (κ2) is 4.56. The van der Waals surface area contributed by atoms with E-state index in [2.05, 4.69) is 0 Å². The predicted molar refractivity (Wildman–Crippen MR) is 47.2 cm³/mol. The van der Waals surface area contributed by atoms with Gasteiger partial charge in [0.2, 0.25) is 0 Å². The van der Waals surface area contributed by atoms with E-state index in [1.54, 1.807) is 0 Å². The molecule has 0 aliphatic heterocycles. The minimum Gasteiger partial charge on any atom is -0.396 e. The molecule has 0 heterocycles. The molecule has 96 valence electrons. The molecule has 0 amide bonds. The monoisotopic (exact) mass is 258 g/mol. The Labute approximate surface area is 92.7 Å². The van der Waals surface area contributed by atoms with Gasteiger partial charge in [-0.25, -0.2) is 0 Å². The van der Waals surface area contributed by atoms with Crippen molar-refractivity contribution >= 4 is 0 Å². The van der Waals surface area contributed by atoms with Crippen molar-refractivity contribution in [2.24, 2.45) is 0 Å². The van der Waals surface area contributed by atoms with E-state index in [4.69, 9.17) is 5.11 Å². The van der Waals surface area contributed by atoms with Crippen LogP contribution >= 0.6 is 0 Å². The molecule has 0 unspecified atom stereocenters. The molecular weight excluding hydrogens is 250 g/mol. The Hall–Kier alpha value is -1.24. The predicted octanol–water partition coefficient (Wildman–Crippen LogP) is 3.26. The number of rotatable bonds is 2. The minimum absolute atomic E-state index is 0.0605. The summed E-state index contributed by atoms with van der Waals surface area (Å²) in [6, 6.07) is 1.37. The normalized spacial score (nSPS) is 12.9. The van der Waals surface area contributed by atoms with Gasteiger partial charge in [-0.05, 0) is 24.1 Å². The smallest absolute Gasteiger partial charge is 0.396 e. The third-order valence-electron chi connectivity index (χ3n) is 2.12. The lowest BCUT2D eigenvalue weighted by Crippen LogP contribution is -2.14. The summed E-state index contributed by atoms with van der Waals surface area (Å²) in [6.45, 7) is -0.561. The maximum atomic E-state index is 12.5. The highest BCUT2D eigenvalue weighted by Gasteiger charge is 2.37. The Kier molecular flexibility index (Phi) is 3.71. The van der Waals surface area contributed by atoms with E-state index < -0.39 is 30.1 Å². The Morgan fingerprint density at radius 2 is 1.53 bits per heavy atom. The van der Waals surface area contributed by atoms with Gasteiger partial charge in [0.05, 0.1) is 11.1 Å².